The van der Waals surface area contributed by atoms with Crippen LogP contribution in [0.15, 0.2) is 0 Å². The van der Waals surface area contributed by atoms with Gasteiger partial charge < -0.3 is 84.6 Å². The van der Waals surface area contributed by atoms with Gasteiger partial charge in [0.05, 0.1) is 18.6 Å². The molecule has 20 heteroatoms. The maximum atomic E-state index is 11.0. The number of aliphatic hydroxyl groups is 11. The molecule has 0 saturated carbocycles. The van der Waals surface area contributed by atoms with Crippen molar-refractivity contribution >= 4 is 17.9 Å². The van der Waals surface area contributed by atoms with E-state index in [2.05, 4.69) is 9.47 Å². The molecule has 3 saturated heterocycles. The van der Waals surface area contributed by atoms with Crippen LogP contribution in [0.4, 0.5) is 0 Å². The van der Waals surface area contributed by atoms with Crippen molar-refractivity contribution in [2.24, 2.45) is 5.92 Å². The number of aliphatic hydroxyl groups excluding tert-OH is 11. The second kappa shape index (κ2) is 19.5. The molecule has 0 spiro atoms. The van der Waals surface area contributed by atoms with Crippen LogP contribution in [-0.4, -0.2) is 168 Å². The summed E-state index contributed by atoms with van der Waals surface area (Å²) in [7, 11) is 0. The van der Waals surface area contributed by atoms with Gasteiger partial charge in [-0.15, -0.1) is 0 Å². The van der Waals surface area contributed by atoms with Crippen molar-refractivity contribution in [3.8, 4) is 0 Å². The van der Waals surface area contributed by atoms with Gasteiger partial charge in [0.15, 0.2) is 31.3 Å². The summed E-state index contributed by atoms with van der Waals surface area (Å²) in [6.45, 7) is 3.84. The highest BCUT2D eigenvalue weighted by atomic mass is 16.8. The number of rotatable bonds is 9. The third-order valence-electron chi connectivity index (χ3n) is 6.57. The number of carbonyl (C=O) groups is 3. The molecular formula is C25H44O20. The summed E-state index contributed by atoms with van der Waals surface area (Å²) >= 11 is 0. The molecule has 3 fully saturated rings. The first-order valence-electron chi connectivity index (χ1n) is 14.0. The van der Waals surface area contributed by atoms with Gasteiger partial charge in [0.2, 0.25) is 6.29 Å². The molecule has 11 N–H and O–H groups in total. The Kier molecular flexibility index (Phi) is 17.7. The Balaban J connectivity index is 0.000000340. The Morgan fingerprint density at radius 3 is 1.62 bits per heavy atom. The van der Waals surface area contributed by atoms with Crippen molar-refractivity contribution in [1.29, 1.82) is 0 Å². The van der Waals surface area contributed by atoms with Crippen LogP contribution >= 0.6 is 0 Å². The highest BCUT2D eigenvalue weighted by molar-refractivity contribution is 5.69. The maximum absolute atomic E-state index is 11.0. The van der Waals surface area contributed by atoms with Gasteiger partial charge in [0.1, 0.15) is 43.2 Å². The summed E-state index contributed by atoms with van der Waals surface area (Å²) < 4.78 is 28.1. The van der Waals surface area contributed by atoms with Crippen molar-refractivity contribution in [1.82, 2.24) is 0 Å². The Labute approximate surface area is 256 Å². The number of hydrogen-bond acceptors (Lipinski definition) is 20. The molecule has 3 aliphatic heterocycles. The summed E-state index contributed by atoms with van der Waals surface area (Å²) in [4.78, 5) is 32.7. The number of ether oxygens (including phenoxy) is 6. The van der Waals surface area contributed by atoms with Crippen LogP contribution in [0.25, 0.3) is 0 Å². The van der Waals surface area contributed by atoms with E-state index in [1.807, 2.05) is 0 Å². The molecule has 20 nitrogen and oxygen atoms in total. The summed E-state index contributed by atoms with van der Waals surface area (Å²) in [5.74, 6) is -2.69. The Morgan fingerprint density at radius 1 is 0.622 bits per heavy atom. The van der Waals surface area contributed by atoms with Gasteiger partial charge >= 0.3 is 17.9 Å². The van der Waals surface area contributed by atoms with Crippen molar-refractivity contribution in [2.45, 2.75) is 120 Å². The Bertz CT molecular complexity index is 906. The molecule has 264 valence electrons. The van der Waals surface area contributed by atoms with Crippen molar-refractivity contribution < 1.29 is 99.0 Å². The van der Waals surface area contributed by atoms with E-state index in [4.69, 9.17) is 44.5 Å². The fraction of sp³-hybridized carbons (Fsp3) is 0.880. The second-order valence-electron chi connectivity index (χ2n) is 9.85. The zero-order valence-electron chi connectivity index (χ0n) is 24.7. The predicted molar refractivity (Wildman–Crippen MR) is 139 cm³/mol. The minimum absolute atomic E-state index is 0.105. The first kappa shape index (κ1) is 40.9. The van der Waals surface area contributed by atoms with Crippen LogP contribution in [0.1, 0.15) is 40.0 Å². The zero-order chi connectivity index (χ0) is 34.6. The second-order valence-corrected chi connectivity index (χ2v) is 9.85. The minimum atomic E-state index is -1.61. The van der Waals surface area contributed by atoms with Crippen molar-refractivity contribution in [3.05, 3.63) is 0 Å². The van der Waals surface area contributed by atoms with Crippen LogP contribution in [0.2, 0.25) is 0 Å². The van der Waals surface area contributed by atoms with E-state index in [0.717, 1.165) is 0 Å². The fourth-order valence-electron chi connectivity index (χ4n) is 3.85. The number of esters is 3. The fourth-order valence-corrected chi connectivity index (χ4v) is 3.85. The molecule has 14 unspecified atom stereocenters. The van der Waals surface area contributed by atoms with Gasteiger partial charge in [-0.05, 0) is 0 Å². The third kappa shape index (κ3) is 11.9. The average molecular weight is 665 g/mol. The predicted octanol–water partition coefficient (Wildman–Crippen LogP) is -5.98. The summed E-state index contributed by atoms with van der Waals surface area (Å²) in [6, 6.07) is 0. The highest BCUT2D eigenvalue weighted by Gasteiger charge is 2.49. The summed E-state index contributed by atoms with van der Waals surface area (Å²) in [5.41, 5.74) is 0. The lowest BCUT2D eigenvalue weighted by atomic mass is 9.97. The van der Waals surface area contributed by atoms with Gasteiger partial charge in [-0.3, -0.25) is 14.4 Å². The normalized spacial score (nSPS) is 38.1. The molecule has 0 aromatic rings. The first-order chi connectivity index (χ1) is 21.0. The van der Waals surface area contributed by atoms with Crippen LogP contribution in [0.5, 0.6) is 0 Å². The summed E-state index contributed by atoms with van der Waals surface area (Å²) in [5, 5.41) is 101. The van der Waals surface area contributed by atoms with E-state index in [0.29, 0.717) is 0 Å². The quantitative estimate of drug-likeness (QED) is 0.0807. The monoisotopic (exact) mass is 664 g/mol. The van der Waals surface area contributed by atoms with Gasteiger partial charge in [0.25, 0.3) is 0 Å². The van der Waals surface area contributed by atoms with E-state index < -0.39 is 111 Å². The largest absolute Gasteiger partial charge is 0.463 e. The zero-order valence-corrected chi connectivity index (χ0v) is 24.7. The molecule has 14 atom stereocenters. The molecule has 0 radical (unpaired) electrons. The van der Waals surface area contributed by atoms with Crippen LogP contribution in [0, 0.1) is 5.92 Å². The molecule has 0 aromatic carbocycles. The van der Waals surface area contributed by atoms with Gasteiger partial charge in [-0.25, -0.2) is 0 Å². The minimum Gasteiger partial charge on any atom is -0.463 e. The first-order valence-corrected chi connectivity index (χ1v) is 14.0. The molecule has 0 amide bonds. The number of hydrogen-bond donors (Lipinski definition) is 11. The van der Waals surface area contributed by atoms with Crippen molar-refractivity contribution in [2.75, 3.05) is 13.2 Å². The van der Waals surface area contributed by atoms with Crippen LogP contribution in [0.3, 0.4) is 0 Å². The van der Waals surface area contributed by atoms with E-state index in [1.54, 1.807) is 20.8 Å². The molecule has 3 aliphatic rings. The SMILES string of the molecule is CCC(=O)OC1C(O)OC(O)C1O.CCC(=O)OC1OC(O)C(O)C1C(O)CO.CCC(=O)OCC1OC(O)C(O)C(O)C1O. The Morgan fingerprint density at radius 2 is 1.13 bits per heavy atom. The van der Waals surface area contributed by atoms with Gasteiger partial charge in [0, 0.05) is 19.3 Å². The smallest absolute Gasteiger partial charge is 0.307 e. The molecular weight excluding hydrogens is 620 g/mol. The third-order valence-corrected chi connectivity index (χ3v) is 6.57. The molecule has 0 bridgehead atoms. The van der Waals surface area contributed by atoms with E-state index in [-0.39, 0.29) is 25.9 Å². The van der Waals surface area contributed by atoms with E-state index >= 15 is 0 Å². The van der Waals surface area contributed by atoms with Gasteiger partial charge in [-0.2, -0.15) is 0 Å². The van der Waals surface area contributed by atoms with E-state index in [9.17, 15) is 45.0 Å². The standard InChI is InChI=1S/2C9H16O7.C7H12O6/c1-2-5(10)15-3-4-6(11)7(12)8(13)9(14)16-4;1-2-5(12)15-9-6(4(11)3-10)7(13)8(14)16-9;1-2-3(8)12-5-4(9)6(10)13-7(5)11/h4,6-9,11-14H,2-3H2,1H3;4,6-11,13-14H,2-3H2,1H3;4-7,9-11H,2H2,1H3. The lowest BCUT2D eigenvalue weighted by Gasteiger charge is -2.37. The lowest BCUT2D eigenvalue weighted by Crippen LogP contribution is -2.58. The molecule has 0 aromatic heterocycles. The molecule has 45 heavy (non-hydrogen) atoms. The van der Waals surface area contributed by atoms with E-state index in [1.165, 1.54) is 0 Å². The van der Waals surface area contributed by atoms with Crippen LogP contribution < -0.4 is 0 Å². The lowest BCUT2D eigenvalue weighted by molar-refractivity contribution is -0.287. The van der Waals surface area contributed by atoms with Gasteiger partial charge in [-0.1, -0.05) is 20.8 Å². The molecule has 3 heterocycles. The summed E-state index contributed by atoms with van der Waals surface area (Å²) in [6.07, 6.45) is -17.9. The topological polar surface area (TPSA) is 329 Å². The molecule has 3 rings (SSSR count). The molecule has 0 aliphatic carbocycles. The maximum Gasteiger partial charge on any atom is 0.307 e. The number of carbonyl (C=O) groups excluding carboxylic acids is 3. The average Bonchev–Trinajstić information content (AvgIpc) is 3.43. The van der Waals surface area contributed by atoms with Crippen molar-refractivity contribution in [3.63, 3.8) is 0 Å². The highest BCUT2D eigenvalue weighted by Crippen LogP contribution is 2.30. The Hall–Kier alpha value is -2.15. The van der Waals surface area contributed by atoms with Crippen LogP contribution in [-0.2, 0) is 42.8 Å².